The number of thiocarbonyl (C=S) groups is 1. The molecule has 4 rings (SSSR count). The number of hydrogen-bond acceptors (Lipinski definition) is 5. The molecule has 0 saturated heterocycles. The first-order chi connectivity index (χ1) is 14.8. The van der Waals surface area contributed by atoms with Crippen LogP contribution in [0.3, 0.4) is 0 Å². The predicted molar refractivity (Wildman–Crippen MR) is 126 cm³/mol. The zero-order valence-corrected chi connectivity index (χ0v) is 19.8. The Kier molecular flexibility index (Phi) is 6.64. The average Bonchev–Trinajstić information content (AvgIpc) is 3.65. The lowest BCUT2D eigenvalue weighted by Crippen LogP contribution is -2.43. The van der Waals surface area contributed by atoms with Crippen molar-refractivity contribution >= 4 is 27.2 Å². The third kappa shape index (κ3) is 5.84. The summed E-state index contributed by atoms with van der Waals surface area (Å²) >= 11 is 5.68. The van der Waals surface area contributed by atoms with Crippen molar-refractivity contribution in [3.8, 4) is 0 Å². The van der Waals surface area contributed by atoms with Crippen LogP contribution in [0.4, 0.5) is 0 Å². The third-order valence-electron chi connectivity index (χ3n) is 5.59. The van der Waals surface area contributed by atoms with E-state index in [0.717, 1.165) is 55.1 Å². The van der Waals surface area contributed by atoms with E-state index in [0.29, 0.717) is 12.6 Å². The van der Waals surface area contributed by atoms with Gasteiger partial charge < -0.3 is 19.7 Å². The van der Waals surface area contributed by atoms with Crippen molar-refractivity contribution in [1.29, 1.82) is 0 Å². The topological polar surface area (TPSA) is 70.5 Å². The van der Waals surface area contributed by atoms with E-state index in [9.17, 15) is 8.42 Å². The smallest absolute Gasteiger partial charge is 0.228 e. The van der Waals surface area contributed by atoms with Crippen molar-refractivity contribution in [2.24, 2.45) is 0 Å². The molecule has 0 spiro atoms. The fourth-order valence-electron chi connectivity index (χ4n) is 3.57. The monoisotopic (exact) mass is 461 g/mol. The highest BCUT2D eigenvalue weighted by atomic mass is 32.2. The van der Waals surface area contributed by atoms with Crippen molar-refractivity contribution in [3.63, 3.8) is 0 Å². The van der Waals surface area contributed by atoms with Gasteiger partial charge in [-0.3, -0.25) is 0 Å². The van der Waals surface area contributed by atoms with Crippen LogP contribution in [0.5, 0.6) is 0 Å². The maximum Gasteiger partial charge on any atom is 0.228 e. The van der Waals surface area contributed by atoms with E-state index < -0.39 is 9.84 Å². The standard InChI is InChI=1S/C22H31N5O2S2/c1-25(2)12-13-26(21(30)24-18-8-9-18)15-20-14-23-22(27(20)19-10-11-19)31(28,29)16-17-6-4-3-5-7-17/h3-7,14,18-19H,8-13,15-16H2,1-2H3,(H,24,30). The first-order valence-electron chi connectivity index (χ1n) is 10.9. The second-order valence-corrected chi connectivity index (χ2v) is 11.1. The van der Waals surface area contributed by atoms with Gasteiger partial charge in [0.25, 0.3) is 0 Å². The van der Waals surface area contributed by atoms with Crippen LogP contribution in [0.1, 0.15) is 43.0 Å². The normalized spacial score (nSPS) is 16.5. The fraction of sp³-hybridized carbons (Fsp3) is 0.545. The van der Waals surface area contributed by atoms with Crippen molar-refractivity contribution < 1.29 is 8.42 Å². The lowest BCUT2D eigenvalue weighted by atomic mass is 10.2. The van der Waals surface area contributed by atoms with Gasteiger partial charge in [-0.05, 0) is 57.6 Å². The molecule has 0 unspecified atom stereocenters. The molecular formula is C22H31N5O2S2. The Morgan fingerprint density at radius 2 is 1.87 bits per heavy atom. The van der Waals surface area contributed by atoms with E-state index in [1.807, 2.05) is 49.0 Å². The molecule has 31 heavy (non-hydrogen) atoms. The minimum Gasteiger partial charge on any atom is -0.360 e. The Hall–Kier alpha value is -1.97. The van der Waals surface area contributed by atoms with E-state index in [2.05, 4.69) is 20.1 Å². The number of aromatic nitrogens is 2. The number of likely N-dealkylation sites (N-methyl/N-ethyl adjacent to an activating group) is 1. The molecule has 2 aromatic rings. The molecule has 1 N–H and O–H groups in total. The van der Waals surface area contributed by atoms with Crippen LogP contribution in [-0.2, 0) is 22.1 Å². The summed E-state index contributed by atoms with van der Waals surface area (Å²) in [6.45, 7) is 2.19. The van der Waals surface area contributed by atoms with Crippen LogP contribution in [0.2, 0.25) is 0 Å². The molecule has 2 fully saturated rings. The van der Waals surface area contributed by atoms with Crippen LogP contribution >= 0.6 is 12.2 Å². The second kappa shape index (κ2) is 9.26. The number of nitrogens with zero attached hydrogens (tertiary/aromatic N) is 4. The van der Waals surface area contributed by atoms with E-state index in [1.165, 1.54) is 0 Å². The second-order valence-electron chi connectivity index (χ2n) is 8.83. The Morgan fingerprint density at radius 1 is 1.16 bits per heavy atom. The lowest BCUT2D eigenvalue weighted by Gasteiger charge is -2.28. The quantitative estimate of drug-likeness (QED) is 0.546. The van der Waals surface area contributed by atoms with E-state index in [1.54, 1.807) is 6.20 Å². The van der Waals surface area contributed by atoms with Gasteiger partial charge in [0.05, 0.1) is 24.2 Å². The highest BCUT2D eigenvalue weighted by Gasteiger charge is 2.34. The summed E-state index contributed by atoms with van der Waals surface area (Å²) in [5.41, 5.74) is 1.68. The molecule has 0 amide bonds. The molecule has 1 aromatic carbocycles. The SMILES string of the molecule is CN(C)CCN(Cc1cnc(S(=O)(=O)Cc2ccccc2)n1C1CC1)C(=S)NC1CC1. The molecule has 9 heteroatoms. The Labute approximate surface area is 190 Å². The molecule has 0 aliphatic heterocycles. The highest BCUT2D eigenvalue weighted by Crippen LogP contribution is 2.39. The molecule has 168 valence electrons. The van der Waals surface area contributed by atoms with E-state index in [-0.39, 0.29) is 17.0 Å². The van der Waals surface area contributed by atoms with Gasteiger partial charge in [0.15, 0.2) is 5.11 Å². The summed E-state index contributed by atoms with van der Waals surface area (Å²) in [5.74, 6) is -0.0387. The number of sulfone groups is 1. The first kappa shape index (κ1) is 22.2. The molecule has 2 aliphatic carbocycles. The molecule has 0 bridgehead atoms. The van der Waals surface area contributed by atoms with Crippen LogP contribution in [0.25, 0.3) is 0 Å². The van der Waals surface area contributed by atoms with Crippen LogP contribution in [0, 0.1) is 0 Å². The van der Waals surface area contributed by atoms with Gasteiger partial charge >= 0.3 is 0 Å². The molecule has 1 aromatic heterocycles. The van der Waals surface area contributed by atoms with Gasteiger partial charge in [0.1, 0.15) is 0 Å². The van der Waals surface area contributed by atoms with Gasteiger partial charge in [0.2, 0.25) is 15.0 Å². The number of imidazole rings is 1. The molecule has 0 atom stereocenters. The minimum atomic E-state index is -3.54. The first-order valence-corrected chi connectivity index (χ1v) is 12.9. The summed E-state index contributed by atoms with van der Waals surface area (Å²) in [4.78, 5) is 8.66. The maximum absolute atomic E-state index is 13.2. The molecule has 0 radical (unpaired) electrons. The predicted octanol–water partition coefficient (Wildman–Crippen LogP) is 2.59. The van der Waals surface area contributed by atoms with Crippen molar-refractivity contribution in [3.05, 3.63) is 47.8 Å². The number of rotatable bonds is 10. The molecule has 7 nitrogen and oxygen atoms in total. The molecule has 2 saturated carbocycles. The zero-order valence-electron chi connectivity index (χ0n) is 18.2. The zero-order chi connectivity index (χ0) is 22.0. The molecule has 1 heterocycles. The highest BCUT2D eigenvalue weighted by molar-refractivity contribution is 7.90. The Bertz CT molecular complexity index is 1010. The maximum atomic E-state index is 13.2. The van der Waals surface area contributed by atoms with Gasteiger partial charge in [0, 0.05) is 25.2 Å². The summed E-state index contributed by atoms with van der Waals surface area (Å²) in [5, 5.41) is 4.34. The average molecular weight is 462 g/mol. The largest absolute Gasteiger partial charge is 0.360 e. The molecule has 2 aliphatic rings. The Balaban J connectivity index is 1.57. The summed E-state index contributed by atoms with van der Waals surface area (Å²) in [6, 6.07) is 9.98. The van der Waals surface area contributed by atoms with Gasteiger partial charge in [-0.1, -0.05) is 30.3 Å². The van der Waals surface area contributed by atoms with Gasteiger partial charge in [-0.15, -0.1) is 0 Å². The summed E-state index contributed by atoms with van der Waals surface area (Å²) < 4.78 is 28.4. The van der Waals surface area contributed by atoms with Crippen molar-refractivity contribution in [2.45, 2.75) is 55.2 Å². The van der Waals surface area contributed by atoms with Crippen molar-refractivity contribution in [2.75, 3.05) is 27.2 Å². The van der Waals surface area contributed by atoms with E-state index >= 15 is 0 Å². The van der Waals surface area contributed by atoms with Crippen LogP contribution < -0.4 is 5.32 Å². The van der Waals surface area contributed by atoms with Crippen LogP contribution in [-0.4, -0.2) is 66.1 Å². The number of benzene rings is 1. The lowest BCUT2D eigenvalue weighted by molar-refractivity contribution is 0.316. The summed E-state index contributed by atoms with van der Waals surface area (Å²) in [7, 11) is 0.538. The third-order valence-corrected chi connectivity index (χ3v) is 7.54. The molecular weight excluding hydrogens is 430 g/mol. The number of nitrogens with one attached hydrogen (secondary N) is 1. The fourth-order valence-corrected chi connectivity index (χ4v) is 5.43. The number of hydrogen-bond donors (Lipinski definition) is 1. The van der Waals surface area contributed by atoms with Gasteiger partial charge in [-0.25, -0.2) is 13.4 Å². The minimum absolute atomic E-state index is 0.0387. The Morgan fingerprint density at radius 3 is 2.48 bits per heavy atom. The van der Waals surface area contributed by atoms with Crippen molar-refractivity contribution in [1.82, 2.24) is 24.7 Å². The van der Waals surface area contributed by atoms with Crippen LogP contribution in [0.15, 0.2) is 41.7 Å². The van der Waals surface area contributed by atoms with Gasteiger partial charge in [-0.2, -0.15) is 0 Å². The van der Waals surface area contributed by atoms with E-state index in [4.69, 9.17) is 12.2 Å². The summed E-state index contributed by atoms with van der Waals surface area (Å²) in [6.07, 6.45) is 6.01.